The predicted molar refractivity (Wildman–Crippen MR) is 214 cm³/mol. The SMILES string of the molecule is CC1(C)c2ccccc2-c2cc(-c3ccc(-c4cc(-c5c6ccccc6cc6ccc7ccccc7c56)nc(-c5ccccc5)n4)cc3)ccc21. The number of nitrogens with zero attached hydrogens (tertiary/aromatic N) is 2. The highest BCUT2D eigenvalue weighted by atomic mass is 14.9. The van der Waals surface area contributed by atoms with Crippen molar-refractivity contribution in [3.63, 3.8) is 0 Å². The van der Waals surface area contributed by atoms with Crippen LogP contribution in [0, 0.1) is 0 Å². The molecule has 10 rings (SSSR count). The largest absolute Gasteiger partial charge is 0.228 e. The van der Waals surface area contributed by atoms with Gasteiger partial charge in [-0.05, 0) is 83.9 Å². The lowest BCUT2D eigenvalue weighted by Gasteiger charge is -2.21. The first-order chi connectivity index (χ1) is 25.0. The molecule has 1 heterocycles. The maximum absolute atomic E-state index is 5.32. The fraction of sp³-hybridized carbons (Fsp3) is 0.0612. The van der Waals surface area contributed by atoms with Crippen molar-refractivity contribution in [2.75, 3.05) is 0 Å². The lowest BCUT2D eigenvalue weighted by molar-refractivity contribution is 0.660. The van der Waals surface area contributed by atoms with Gasteiger partial charge in [-0.3, -0.25) is 0 Å². The maximum atomic E-state index is 5.32. The fourth-order valence-electron chi connectivity index (χ4n) is 8.28. The molecule has 0 amide bonds. The molecule has 2 heteroatoms. The standard InChI is InChI=1S/C49H34N2/c1-49(2)42-19-11-10-18-40(42)41-29-35(26-27-43(41)49)31-20-23-33(24-21-31)44-30-45(51-48(50-44)34-13-4-3-5-14-34)47-39-17-9-7-15-36(39)28-37-25-22-32-12-6-8-16-38(32)46(37)47/h3-30H,1-2H3. The van der Waals surface area contributed by atoms with E-state index in [1.165, 1.54) is 65.7 Å². The predicted octanol–water partition coefficient (Wildman–Crippen LogP) is 12.9. The highest BCUT2D eigenvalue weighted by Crippen LogP contribution is 2.49. The first-order valence-electron chi connectivity index (χ1n) is 17.7. The summed E-state index contributed by atoms with van der Waals surface area (Å²) in [6.45, 7) is 4.66. The third-order valence-electron chi connectivity index (χ3n) is 10.9. The van der Waals surface area contributed by atoms with E-state index in [4.69, 9.17) is 9.97 Å². The molecule has 0 spiro atoms. The van der Waals surface area contributed by atoms with Gasteiger partial charge in [0.15, 0.2) is 5.82 Å². The summed E-state index contributed by atoms with van der Waals surface area (Å²) in [5.41, 5.74) is 12.9. The van der Waals surface area contributed by atoms with Crippen LogP contribution >= 0.6 is 0 Å². The van der Waals surface area contributed by atoms with Gasteiger partial charge in [0.05, 0.1) is 11.4 Å². The maximum Gasteiger partial charge on any atom is 0.160 e. The molecule has 0 unspecified atom stereocenters. The Kier molecular flexibility index (Phi) is 6.56. The first kappa shape index (κ1) is 29.5. The molecule has 0 saturated heterocycles. The Bertz CT molecular complexity index is 2810. The van der Waals surface area contributed by atoms with Gasteiger partial charge >= 0.3 is 0 Å². The van der Waals surface area contributed by atoms with Crippen LogP contribution in [0.2, 0.25) is 0 Å². The number of aromatic nitrogens is 2. The van der Waals surface area contributed by atoms with Crippen LogP contribution in [0.25, 0.3) is 88.5 Å². The van der Waals surface area contributed by atoms with Gasteiger partial charge in [0, 0.05) is 22.1 Å². The summed E-state index contributed by atoms with van der Waals surface area (Å²) in [6, 6.07) is 61.2. The van der Waals surface area contributed by atoms with E-state index in [1.807, 2.05) is 6.07 Å². The molecule has 2 nitrogen and oxygen atoms in total. The molecule has 240 valence electrons. The minimum atomic E-state index is -0.00279. The summed E-state index contributed by atoms with van der Waals surface area (Å²) >= 11 is 0. The van der Waals surface area contributed by atoms with Crippen molar-refractivity contribution in [1.29, 1.82) is 0 Å². The second-order valence-corrected chi connectivity index (χ2v) is 14.2. The van der Waals surface area contributed by atoms with Crippen LogP contribution in [0.3, 0.4) is 0 Å². The average molecular weight is 651 g/mol. The van der Waals surface area contributed by atoms with Crippen molar-refractivity contribution in [1.82, 2.24) is 9.97 Å². The fourth-order valence-corrected chi connectivity index (χ4v) is 8.28. The van der Waals surface area contributed by atoms with Crippen molar-refractivity contribution in [3.8, 4) is 56.2 Å². The highest BCUT2D eigenvalue weighted by molar-refractivity contribution is 6.21. The number of fused-ring (bicyclic) bond motifs is 7. The normalized spacial score (nSPS) is 13.1. The van der Waals surface area contributed by atoms with Gasteiger partial charge in [0.2, 0.25) is 0 Å². The first-order valence-corrected chi connectivity index (χ1v) is 17.7. The molecule has 0 N–H and O–H groups in total. The summed E-state index contributed by atoms with van der Waals surface area (Å²) in [7, 11) is 0. The van der Waals surface area contributed by atoms with E-state index in [9.17, 15) is 0 Å². The van der Waals surface area contributed by atoms with Crippen molar-refractivity contribution in [3.05, 3.63) is 181 Å². The lowest BCUT2D eigenvalue weighted by atomic mass is 9.82. The summed E-state index contributed by atoms with van der Waals surface area (Å²) < 4.78 is 0. The van der Waals surface area contributed by atoms with Gasteiger partial charge in [0.1, 0.15) is 0 Å². The third kappa shape index (κ3) is 4.71. The third-order valence-corrected chi connectivity index (χ3v) is 10.9. The Morgan fingerprint density at radius 2 is 1.02 bits per heavy atom. The Labute approximate surface area is 297 Å². The number of rotatable bonds is 4. The second kappa shape index (κ2) is 11.3. The second-order valence-electron chi connectivity index (χ2n) is 14.2. The molecule has 1 aliphatic carbocycles. The van der Waals surface area contributed by atoms with Crippen LogP contribution in [0.1, 0.15) is 25.0 Å². The van der Waals surface area contributed by atoms with Crippen molar-refractivity contribution < 1.29 is 0 Å². The van der Waals surface area contributed by atoms with Crippen LogP contribution in [0.4, 0.5) is 0 Å². The average Bonchev–Trinajstić information content (AvgIpc) is 3.42. The Morgan fingerprint density at radius 3 is 1.86 bits per heavy atom. The zero-order valence-electron chi connectivity index (χ0n) is 28.6. The number of hydrogen-bond donors (Lipinski definition) is 0. The Morgan fingerprint density at radius 1 is 0.392 bits per heavy atom. The van der Waals surface area contributed by atoms with Gasteiger partial charge in [-0.1, -0.05) is 166 Å². The van der Waals surface area contributed by atoms with Crippen LogP contribution in [0.15, 0.2) is 170 Å². The van der Waals surface area contributed by atoms with Crippen LogP contribution in [-0.2, 0) is 5.41 Å². The smallest absolute Gasteiger partial charge is 0.160 e. The summed E-state index contributed by atoms with van der Waals surface area (Å²) in [5, 5.41) is 7.24. The summed E-state index contributed by atoms with van der Waals surface area (Å²) in [4.78, 5) is 10.5. The minimum absolute atomic E-state index is 0.00279. The Balaban J connectivity index is 1.15. The van der Waals surface area contributed by atoms with Crippen LogP contribution in [0.5, 0.6) is 0 Å². The van der Waals surface area contributed by atoms with Gasteiger partial charge in [-0.15, -0.1) is 0 Å². The lowest BCUT2D eigenvalue weighted by Crippen LogP contribution is -2.14. The van der Waals surface area contributed by atoms with E-state index in [-0.39, 0.29) is 5.41 Å². The summed E-state index contributed by atoms with van der Waals surface area (Å²) in [5.74, 6) is 0.716. The monoisotopic (exact) mass is 650 g/mol. The number of benzene rings is 8. The summed E-state index contributed by atoms with van der Waals surface area (Å²) in [6.07, 6.45) is 0. The van der Waals surface area contributed by atoms with Crippen molar-refractivity contribution in [2.24, 2.45) is 0 Å². The highest BCUT2D eigenvalue weighted by Gasteiger charge is 2.35. The van der Waals surface area contributed by atoms with E-state index in [0.717, 1.165) is 28.1 Å². The topological polar surface area (TPSA) is 25.8 Å². The van der Waals surface area contributed by atoms with Gasteiger partial charge in [-0.2, -0.15) is 0 Å². The van der Waals surface area contributed by atoms with E-state index in [1.54, 1.807) is 0 Å². The molecule has 8 aromatic carbocycles. The van der Waals surface area contributed by atoms with Gasteiger partial charge < -0.3 is 0 Å². The van der Waals surface area contributed by atoms with Crippen LogP contribution in [-0.4, -0.2) is 9.97 Å². The van der Waals surface area contributed by atoms with Crippen molar-refractivity contribution in [2.45, 2.75) is 19.3 Å². The van der Waals surface area contributed by atoms with E-state index < -0.39 is 0 Å². The van der Waals surface area contributed by atoms with Gasteiger partial charge in [-0.25, -0.2) is 9.97 Å². The zero-order chi connectivity index (χ0) is 34.1. The zero-order valence-corrected chi connectivity index (χ0v) is 28.6. The molecular weight excluding hydrogens is 617 g/mol. The molecule has 0 fully saturated rings. The molecule has 0 atom stereocenters. The molecule has 0 bridgehead atoms. The quantitative estimate of drug-likeness (QED) is 0.140. The minimum Gasteiger partial charge on any atom is -0.228 e. The van der Waals surface area contributed by atoms with E-state index in [0.29, 0.717) is 5.82 Å². The molecule has 9 aromatic rings. The molecule has 1 aromatic heterocycles. The van der Waals surface area contributed by atoms with Crippen LogP contribution < -0.4 is 0 Å². The van der Waals surface area contributed by atoms with Crippen molar-refractivity contribution >= 4 is 32.3 Å². The molecule has 1 aliphatic rings. The molecule has 51 heavy (non-hydrogen) atoms. The number of hydrogen-bond acceptors (Lipinski definition) is 2. The molecule has 0 radical (unpaired) electrons. The Hall–Kier alpha value is -6.38. The molecular formula is C49H34N2. The van der Waals surface area contributed by atoms with Gasteiger partial charge in [0.25, 0.3) is 0 Å². The van der Waals surface area contributed by atoms with E-state index >= 15 is 0 Å². The van der Waals surface area contributed by atoms with E-state index in [2.05, 4.69) is 178 Å². The molecule has 0 aliphatic heterocycles. The molecule has 0 saturated carbocycles.